The van der Waals surface area contributed by atoms with Crippen LogP contribution in [0.25, 0.3) is 0 Å². The first-order valence-corrected chi connectivity index (χ1v) is 10.00. The molecule has 2 aliphatic rings. The van der Waals surface area contributed by atoms with Gasteiger partial charge in [0, 0.05) is 32.6 Å². The molecule has 1 saturated heterocycles. The van der Waals surface area contributed by atoms with E-state index in [4.69, 9.17) is 0 Å². The van der Waals surface area contributed by atoms with E-state index in [9.17, 15) is 14.7 Å². The Morgan fingerprint density at radius 3 is 2.38 bits per heavy atom. The molecule has 1 aromatic carbocycles. The predicted octanol–water partition coefficient (Wildman–Crippen LogP) is 3.43. The summed E-state index contributed by atoms with van der Waals surface area (Å²) in [5.74, 6) is 0.813. The van der Waals surface area contributed by atoms with E-state index in [1.807, 2.05) is 4.90 Å². The van der Waals surface area contributed by atoms with Gasteiger partial charge >= 0.3 is 0 Å². The maximum Gasteiger partial charge on any atom is 0.257 e. The molecule has 1 aliphatic carbocycles. The standard InChI is InChI=1S/C21H30N2O3/c24-19-10-5-4-9-18(19)21(26)23-14-6-13-22(15-16-23)20(25)12-11-17-7-2-1-3-8-17/h4-5,9-10,17,24H,1-3,6-8,11-16H2. The van der Waals surface area contributed by atoms with Crippen molar-refractivity contribution in [2.24, 2.45) is 5.92 Å². The fraction of sp³-hybridized carbons (Fsp3) is 0.619. The number of phenols is 1. The van der Waals surface area contributed by atoms with Gasteiger partial charge in [-0.15, -0.1) is 0 Å². The molecule has 0 radical (unpaired) electrons. The van der Waals surface area contributed by atoms with Crippen molar-refractivity contribution in [3.63, 3.8) is 0 Å². The molecule has 1 aromatic rings. The number of carbonyl (C=O) groups excluding carboxylic acids is 2. The van der Waals surface area contributed by atoms with Gasteiger partial charge in [-0.25, -0.2) is 0 Å². The number of rotatable bonds is 4. The number of hydrogen-bond acceptors (Lipinski definition) is 3. The van der Waals surface area contributed by atoms with Gasteiger partial charge in [-0.2, -0.15) is 0 Å². The van der Waals surface area contributed by atoms with Crippen LogP contribution in [0.5, 0.6) is 5.75 Å². The molecule has 5 heteroatoms. The largest absolute Gasteiger partial charge is 0.507 e. The summed E-state index contributed by atoms with van der Waals surface area (Å²) >= 11 is 0. The fourth-order valence-electron chi connectivity index (χ4n) is 4.16. The third-order valence-electron chi connectivity index (χ3n) is 5.76. The molecule has 5 nitrogen and oxygen atoms in total. The molecule has 1 saturated carbocycles. The first kappa shape index (κ1) is 18.7. The van der Waals surface area contributed by atoms with Crippen molar-refractivity contribution in [1.29, 1.82) is 0 Å². The van der Waals surface area contributed by atoms with Gasteiger partial charge in [0.2, 0.25) is 5.91 Å². The van der Waals surface area contributed by atoms with E-state index in [1.54, 1.807) is 23.1 Å². The first-order valence-electron chi connectivity index (χ1n) is 10.00. The second kappa shape index (κ2) is 9.06. The highest BCUT2D eigenvalue weighted by Gasteiger charge is 2.24. The van der Waals surface area contributed by atoms with Crippen LogP contribution >= 0.6 is 0 Å². The maximum absolute atomic E-state index is 12.6. The number of nitrogens with zero attached hydrogens (tertiary/aromatic N) is 2. The zero-order valence-corrected chi connectivity index (χ0v) is 15.5. The molecule has 0 bridgehead atoms. The normalized spacial score (nSPS) is 19.2. The Bertz CT molecular complexity index is 625. The van der Waals surface area contributed by atoms with Crippen molar-refractivity contribution in [1.82, 2.24) is 9.80 Å². The molecule has 0 aromatic heterocycles. The minimum absolute atomic E-state index is 0.0159. The quantitative estimate of drug-likeness (QED) is 0.897. The molecular weight excluding hydrogens is 328 g/mol. The lowest BCUT2D eigenvalue weighted by Crippen LogP contribution is -2.37. The Morgan fingerprint density at radius 2 is 1.62 bits per heavy atom. The second-order valence-electron chi connectivity index (χ2n) is 7.59. The molecule has 1 aliphatic heterocycles. The second-order valence-corrected chi connectivity index (χ2v) is 7.59. The zero-order chi connectivity index (χ0) is 18.4. The molecule has 0 spiro atoms. The van der Waals surface area contributed by atoms with Crippen molar-refractivity contribution in [2.75, 3.05) is 26.2 Å². The van der Waals surface area contributed by atoms with Crippen LogP contribution in [0.2, 0.25) is 0 Å². The smallest absolute Gasteiger partial charge is 0.257 e. The summed E-state index contributed by atoms with van der Waals surface area (Å²) < 4.78 is 0. The van der Waals surface area contributed by atoms with Crippen LogP contribution in [0.1, 0.15) is 61.7 Å². The monoisotopic (exact) mass is 358 g/mol. The van der Waals surface area contributed by atoms with Crippen LogP contribution in [0.4, 0.5) is 0 Å². The van der Waals surface area contributed by atoms with E-state index >= 15 is 0 Å². The van der Waals surface area contributed by atoms with E-state index in [-0.39, 0.29) is 17.6 Å². The third kappa shape index (κ3) is 4.77. The van der Waals surface area contributed by atoms with Gasteiger partial charge < -0.3 is 14.9 Å². The number of amides is 2. The molecule has 0 atom stereocenters. The minimum Gasteiger partial charge on any atom is -0.507 e. The topological polar surface area (TPSA) is 60.9 Å². The highest BCUT2D eigenvalue weighted by Crippen LogP contribution is 2.27. The zero-order valence-electron chi connectivity index (χ0n) is 15.5. The van der Waals surface area contributed by atoms with E-state index in [2.05, 4.69) is 0 Å². The Labute approximate surface area is 156 Å². The number of carbonyl (C=O) groups is 2. The van der Waals surface area contributed by atoms with Crippen molar-refractivity contribution < 1.29 is 14.7 Å². The Morgan fingerprint density at radius 1 is 0.923 bits per heavy atom. The molecule has 26 heavy (non-hydrogen) atoms. The summed E-state index contributed by atoms with van der Waals surface area (Å²) in [6, 6.07) is 6.65. The number of aromatic hydroxyl groups is 1. The van der Waals surface area contributed by atoms with E-state index in [0.717, 1.165) is 18.8 Å². The Balaban J connectivity index is 1.50. The van der Waals surface area contributed by atoms with Gasteiger partial charge in [0.05, 0.1) is 5.56 Å². The number of benzene rings is 1. The average Bonchev–Trinajstić information content (AvgIpc) is 2.93. The lowest BCUT2D eigenvalue weighted by atomic mass is 9.86. The van der Waals surface area contributed by atoms with Crippen LogP contribution in [0, 0.1) is 5.92 Å². The van der Waals surface area contributed by atoms with Crippen molar-refractivity contribution in [3.8, 4) is 5.75 Å². The van der Waals surface area contributed by atoms with Crippen molar-refractivity contribution in [2.45, 2.75) is 51.4 Å². The van der Waals surface area contributed by atoms with E-state index in [1.165, 1.54) is 38.2 Å². The summed E-state index contributed by atoms with van der Waals surface area (Å²) in [7, 11) is 0. The van der Waals surface area contributed by atoms with Gasteiger partial charge in [-0.3, -0.25) is 9.59 Å². The molecule has 2 amide bonds. The van der Waals surface area contributed by atoms with Crippen molar-refractivity contribution >= 4 is 11.8 Å². The van der Waals surface area contributed by atoms with Gasteiger partial charge in [0.25, 0.3) is 5.91 Å². The molecule has 142 valence electrons. The summed E-state index contributed by atoms with van der Waals surface area (Å²) in [5.41, 5.74) is 0.338. The summed E-state index contributed by atoms with van der Waals surface area (Å²) in [6.45, 7) is 2.46. The average molecular weight is 358 g/mol. The van der Waals surface area contributed by atoms with Crippen LogP contribution < -0.4 is 0 Å². The molecule has 1 heterocycles. The van der Waals surface area contributed by atoms with Gasteiger partial charge in [0.15, 0.2) is 0 Å². The van der Waals surface area contributed by atoms with Gasteiger partial charge in [0.1, 0.15) is 5.75 Å². The number of para-hydroxylation sites is 1. The molecule has 3 rings (SSSR count). The Hall–Kier alpha value is -2.04. The minimum atomic E-state index is -0.153. The molecule has 0 unspecified atom stereocenters. The maximum atomic E-state index is 12.6. The fourth-order valence-corrected chi connectivity index (χ4v) is 4.16. The molecule has 2 fully saturated rings. The highest BCUT2D eigenvalue weighted by molar-refractivity contribution is 5.96. The van der Waals surface area contributed by atoms with Crippen LogP contribution in [-0.4, -0.2) is 52.9 Å². The molecular formula is C21H30N2O3. The van der Waals surface area contributed by atoms with Crippen LogP contribution in [0.3, 0.4) is 0 Å². The van der Waals surface area contributed by atoms with E-state index < -0.39 is 0 Å². The first-order chi connectivity index (χ1) is 12.6. The third-order valence-corrected chi connectivity index (χ3v) is 5.76. The Kier molecular flexibility index (Phi) is 6.53. The summed E-state index contributed by atoms with van der Waals surface area (Å²) in [5, 5.41) is 9.90. The predicted molar refractivity (Wildman–Crippen MR) is 101 cm³/mol. The number of hydrogen-bond donors (Lipinski definition) is 1. The van der Waals surface area contributed by atoms with Crippen LogP contribution in [-0.2, 0) is 4.79 Å². The van der Waals surface area contributed by atoms with E-state index in [0.29, 0.717) is 38.2 Å². The van der Waals surface area contributed by atoms with Crippen molar-refractivity contribution in [3.05, 3.63) is 29.8 Å². The van der Waals surface area contributed by atoms with Gasteiger partial charge in [-0.05, 0) is 30.9 Å². The molecule has 1 N–H and O–H groups in total. The summed E-state index contributed by atoms with van der Waals surface area (Å²) in [4.78, 5) is 28.9. The number of phenolic OH excluding ortho intramolecular Hbond substituents is 1. The SMILES string of the molecule is O=C(CCC1CCCCC1)N1CCCN(C(=O)c2ccccc2O)CC1. The van der Waals surface area contributed by atoms with Gasteiger partial charge in [-0.1, -0.05) is 44.2 Å². The van der Waals surface area contributed by atoms with Crippen LogP contribution in [0.15, 0.2) is 24.3 Å². The highest BCUT2D eigenvalue weighted by atomic mass is 16.3. The lowest BCUT2D eigenvalue weighted by Gasteiger charge is -2.24. The lowest BCUT2D eigenvalue weighted by molar-refractivity contribution is -0.131. The summed E-state index contributed by atoms with van der Waals surface area (Å²) in [6.07, 6.45) is 8.95.